The quantitative estimate of drug-likeness (QED) is 0.0630. The predicted molar refractivity (Wildman–Crippen MR) is 161 cm³/mol. The average Bonchev–Trinajstić information content (AvgIpc) is 3.02. The van der Waals surface area contributed by atoms with Gasteiger partial charge >= 0.3 is 5.97 Å². The highest BCUT2D eigenvalue weighted by Gasteiger charge is 2.54. The smallest absolute Gasteiger partial charge is 0.306 e. The normalized spacial score (nSPS) is 34.2. The minimum atomic E-state index is -1.88. The minimum absolute atomic E-state index is 0.0311. The van der Waals surface area contributed by atoms with Crippen LogP contribution in [0, 0.1) is 0 Å². The summed E-state index contributed by atoms with van der Waals surface area (Å²) in [5, 5.41) is 81.2. The molecule has 0 aromatic rings. The van der Waals surface area contributed by atoms with Gasteiger partial charge in [0, 0.05) is 6.42 Å². The first kappa shape index (κ1) is 39.2. The summed E-state index contributed by atoms with van der Waals surface area (Å²) < 4.78 is 16.2. The largest absolute Gasteiger partial charge is 0.457 e. The molecule has 8 N–H and O–H groups in total. The molecular weight excluding hydrogens is 576 g/mol. The monoisotopic (exact) mass is 636 g/mol. The van der Waals surface area contributed by atoms with Gasteiger partial charge < -0.3 is 55.1 Å². The Morgan fingerprint density at radius 1 is 0.545 bits per heavy atom. The SMILES string of the molecule is CCCCCCCCCCCCCCCCCCCC(=O)OC1C(O)C(O)C(O)C(O)C1OC1OC(CO)C(O)C(O)C1O. The number of hydrogen-bond donors (Lipinski definition) is 8. The Hall–Kier alpha value is -0.930. The predicted octanol–water partition coefficient (Wildman–Crippen LogP) is 1.58. The first-order chi connectivity index (χ1) is 21.1. The molecule has 0 spiro atoms. The van der Waals surface area contributed by atoms with E-state index in [1.165, 1.54) is 77.0 Å². The van der Waals surface area contributed by atoms with Crippen LogP contribution < -0.4 is 0 Å². The molecule has 1 saturated heterocycles. The van der Waals surface area contributed by atoms with Crippen molar-refractivity contribution >= 4 is 5.97 Å². The lowest BCUT2D eigenvalue weighted by molar-refractivity contribution is -0.340. The molecule has 11 atom stereocenters. The van der Waals surface area contributed by atoms with E-state index < -0.39 is 79.9 Å². The second-order valence-corrected chi connectivity index (χ2v) is 12.6. The Balaban J connectivity index is 1.66. The fourth-order valence-corrected chi connectivity index (χ4v) is 6.02. The zero-order chi connectivity index (χ0) is 32.5. The van der Waals surface area contributed by atoms with Crippen LogP contribution in [-0.4, -0.2) is 121 Å². The maximum absolute atomic E-state index is 12.6. The van der Waals surface area contributed by atoms with E-state index in [4.69, 9.17) is 14.2 Å². The van der Waals surface area contributed by atoms with Crippen LogP contribution in [0.1, 0.15) is 122 Å². The van der Waals surface area contributed by atoms with Gasteiger partial charge in [-0.3, -0.25) is 4.79 Å². The third-order valence-electron chi connectivity index (χ3n) is 8.94. The number of carbonyl (C=O) groups is 1. The number of aliphatic hydroxyl groups excluding tert-OH is 8. The summed E-state index contributed by atoms with van der Waals surface area (Å²) in [5.74, 6) is -0.701. The average molecular weight is 637 g/mol. The standard InChI is InChI=1S/C32H60O12/c1-2-3-4-5-6-7-8-9-10-11-12-13-14-15-16-17-18-19-22(34)43-30-27(39)25(37)26(38)28(40)31(30)44-32-29(41)24(36)23(35)21(20-33)42-32/h21,23-33,35-41H,2-20H2,1H3. The van der Waals surface area contributed by atoms with E-state index >= 15 is 0 Å². The van der Waals surface area contributed by atoms with Crippen LogP contribution in [0.15, 0.2) is 0 Å². The molecule has 1 saturated carbocycles. The van der Waals surface area contributed by atoms with E-state index in [1.807, 2.05) is 0 Å². The van der Waals surface area contributed by atoms with Crippen molar-refractivity contribution in [1.82, 2.24) is 0 Å². The third kappa shape index (κ3) is 12.7. The Morgan fingerprint density at radius 3 is 1.41 bits per heavy atom. The van der Waals surface area contributed by atoms with Gasteiger partial charge in [0.05, 0.1) is 6.61 Å². The first-order valence-electron chi connectivity index (χ1n) is 17.0. The van der Waals surface area contributed by atoms with Gasteiger partial charge in [0.2, 0.25) is 0 Å². The minimum Gasteiger partial charge on any atom is -0.457 e. The summed E-state index contributed by atoms with van der Waals surface area (Å²) in [6.07, 6.45) is 1.53. The number of esters is 1. The Bertz CT molecular complexity index is 755. The molecule has 11 unspecified atom stereocenters. The molecule has 0 bridgehead atoms. The number of hydrogen-bond acceptors (Lipinski definition) is 12. The third-order valence-corrected chi connectivity index (χ3v) is 8.94. The zero-order valence-corrected chi connectivity index (χ0v) is 26.5. The fourth-order valence-electron chi connectivity index (χ4n) is 6.02. The number of unbranched alkanes of at least 4 members (excludes halogenated alkanes) is 16. The lowest BCUT2D eigenvalue weighted by atomic mass is 9.84. The van der Waals surface area contributed by atoms with Crippen molar-refractivity contribution in [3.63, 3.8) is 0 Å². The van der Waals surface area contributed by atoms with Crippen LogP contribution in [0.3, 0.4) is 0 Å². The summed E-state index contributed by atoms with van der Waals surface area (Å²) in [7, 11) is 0. The zero-order valence-electron chi connectivity index (χ0n) is 26.5. The summed E-state index contributed by atoms with van der Waals surface area (Å²) in [6, 6.07) is 0. The van der Waals surface area contributed by atoms with E-state index in [0.717, 1.165) is 25.7 Å². The van der Waals surface area contributed by atoms with Crippen LogP contribution in [0.5, 0.6) is 0 Å². The van der Waals surface area contributed by atoms with Crippen LogP contribution in [0.4, 0.5) is 0 Å². The Morgan fingerprint density at radius 2 is 0.955 bits per heavy atom. The van der Waals surface area contributed by atoms with Crippen molar-refractivity contribution in [1.29, 1.82) is 0 Å². The topological polar surface area (TPSA) is 207 Å². The van der Waals surface area contributed by atoms with Gasteiger partial charge in [-0.2, -0.15) is 0 Å². The first-order valence-corrected chi connectivity index (χ1v) is 17.0. The molecule has 1 heterocycles. The van der Waals surface area contributed by atoms with Crippen molar-refractivity contribution in [2.24, 2.45) is 0 Å². The molecule has 0 aromatic carbocycles. The van der Waals surface area contributed by atoms with Gasteiger partial charge in [-0.25, -0.2) is 0 Å². The fraction of sp³-hybridized carbons (Fsp3) is 0.969. The molecule has 260 valence electrons. The highest BCUT2D eigenvalue weighted by Crippen LogP contribution is 2.31. The summed E-state index contributed by atoms with van der Waals surface area (Å²) >= 11 is 0. The summed E-state index contributed by atoms with van der Waals surface area (Å²) in [6.45, 7) is 1.52. The van der Waals surface area contributed by atoms with Crippen molar-refractivity contribution in [3.05, 3.63) is 0 Å². The molecule has 44 heavy (non-hydrogen) atoms. The van der Waals surface area contributed by atoms with Crippen LogP contribution in [0.25, 0.3) is 0 Å². The molecule has 12 nitrogen and oxygen atoms in total. The maximum Gasteiger partial charge on any atom is 0.306 e. The molecule has 2 rings (SSSR count). The molecule has 2 fully saturated rings. The molecule has 1 aliphatic heterocycles. The second-order valence-electron chi connectivity index (χ2n) is 12.6. The van der Waals surface area contributed by atoms with Gasteiger partial charge in [0.25, 0.3) is 0 Å². The number of rotatable bonds is 22. The molecule has 0 radical (unpaired) electrons. The second kappa shape index (κ2) is 21.8. The molecular formula is C32H60O12. The molecule has 12 heteroatoms. The van der Waals surface area contributed by atoms with Crippen LogP contribution >= 0.6 is 0 Å². The van der Waals surface area contributed by atoms with Crippen molar-refractivity contribution < 1.29 is 59.9 Å². The molecule has 0 amide bonds. The maximum atomic E-state index is 12.6. The lowest BCUT2D eigenvalue weighted by Crippen LogP contribution is -2.67. The lowest BCUT2D eigenvalue weighted by Gasteiger charge is -2.46. The summed E-state index contributed by atoms with van der Waals surface area (Å²) in [4.78, 5) is 12.6. The van der Waals surface area contributed by atoms with Gasteiger partial charge in [-0.15, -0.1) is 0 Å². The molecule has 0 aromatic heterocycles. The number of ether oxygens (including phenoxy) is 3. The molecule has 1 aliphatic carbocycles. The van der Waals surface area contributed by atoms with Crippen molar-refractivity contribution in [3.8, 4) is 0 Å². The van der Waals surface area contributed by atoms with E-state index in [2.05, 4.69) is 6.92 Å². The Labute approximate surface area is 262 Å². The van der Waals surface area contributed by atoms with E-state index in [0.29, 0.717) is 6.42 Å². The Kier molecular flexibility index (Phi) is 19.4. The molecule has 2 aliphatic rings. The van der Waals surface area contributed by atoms with Crippen molar-refractivity contribution in [2.45, 2.75) is 190 Å². The van der Waals surface area contributed by atoms with E-state index in [-0.39, 0.29) is 6.42 Å². The van der Waals surface area contributed by atoms with Gasteiger partial charge in [-0.1, -0.05) is 110 Å². The number of aliphatic hydroxyl groups is 8. The van der Waals surface area contributed by atoms with Crippen molar-refractivity contribution in [2.75, 3.05) is 6.61 Å². The highest BCUT2D eigenvalue weighted by atomic mass is 16.7. The summed E-state index contributed by atoms with van der Waals surface area (Å²) in [5.41, 5.74) is 0. The van der Waals surface area contributed by atoms with Crippen LogP contribution in [-0.2, 0) is 19.0 Å². The van der Waals surface area contributed by atoms with E-state index in [1.54, 1.807) is 0 Å². The van der Waals surface area contributed by atoms with Gasteiger partial charge in [0.1, 0.15) is 54.9 Å². The van der Waals surface area contributed by atoms with Crippen LogP contribution in [0.2, 0.25) is 0 Å². The highest BCUT2D eigenvalue weighted by molar-refractivity contribution is 5.69. The van der Waals surface area contributed by atoms with E-state index in [9.17, 15) is 45.6 Å². The van der Waals surface area contributed by atoms with Gasteiger partial charge in [-0.05, 0) is 6.42 Å². The number of carbonyl (C=O) groups excluding carboxylic acids is 1. The van der Waals surface area contributed by atoms with Gasteiger partial charge in [0.15, 0.2) is 12.4 Å².